The smallest absolute Gasteiger partial charge is 0.240 e. The van der Waals surface area contributed by atoms with Crippen LogP contribution in [0.15, 0.2) is 0 Å². The highest BCUT2D eigenvalue weighted by Gasteiger charge is 2.33. The van der Waals surface area contributed by atoms with Crippen LogP contribution in [0.25, 0.3) is 0 Å². The Morgan fingerprint density at radius 3 is 2.64 bits per heavy atom. The van der Waals surface area contributed by atoms with Crippen LogP contribution in [0.2, 0.25) is 0 Å². The summed E-state index contributed by atoms with van der Waals surface area (Å²) in [6.45, 7) is 12.3. The van der Waals surface area contributed by atoms with E-state index in [1.165, 1.54) is 0 Å². The van der Waals surface area contributed by atoms with Gasteiger partial charge in [0.15, 0.2) is 0 Å². The molecule has 1 aliphatic heterocycles. The van der Waals surface area contributed by atoms with Gasteiger partial charge in [0, 0.05) is 19.6 Å². The van der Waals surface area contributed by atoms with E-state index in [-0.39, 0.29) is 11.3 Å². The summed E-state index contributed by atoms with van der Waals surface area (Å²) in [7, 11) is 0. The van der Waals surface area contributed by atoms with Crippen LogP contribution in [0.5, 0.6) is 0 Å². The van der Waals surface area contributed by atoms with Crippen LogP contribution in [-0.4, -0.2) is 44.7 Å². The zero-order chi connectivity index (χ0) is 16.5. The number of amides is 1. The molecule has 0 aromatic carbocycles. The van der Waals surface area contributed by atoms with Gasteiger partial charge in [-0.05, 0) is 38.0 Å². The van der Waals surface area contributed by atoms with Crippen LogP contribution in [0.3, 0.4) is 0 Å². The summed E-state index contributed by atoms with van der Waals surface area (Å²) in [5.74, 6) is 2.23. The number of nitrogens with zero attached hydrogens (tertiary/aromatic N) is 4. The molecule has 2 N–H and O–H groups in total. The van der Waals surface area contributed by atoms with Crippen molar-refractivity contribution in [3.63, 3.8) is 0 Å². The van der Waals surface area contributed by atoms with Crippen LogP contribution in [0.1, 0.15) is 45.3 Å². The number of rotatable bonds is 3. The Labute approximate surface area is 133 Å². The van der Waals surface area contributed by atoms with E-state index in [4.69, 9.17) is 5.73 Å². The minimum Gasteiger partial charge on any atom is -0.341 e. The van der Waals surface area contributed by atoms with Gasteiger partial charge in [0.25, 0.3) is 0 Å². The first-order valence-corrected chi connectivity index (χ1v) is 8.11. The van der Waals surface area contributed by atoms with E-state index in [0.29, 0.717) is 5.92 Å². The van der Waals surface area contributed by atoms with Crippen LogP contribution >= 0.6 is 0 Å². The van der Waals surface area contributed by atoms with Crippen LogP contribution in [0, 0.1) is 25.2 Å². The normalized spacial score (nSPS) is 21.0. The van der Waals surface area contributed by atoms with Gasteiger partial charge in [0.05, 0.1) is 6.04 Å². The van der Waals surface area contributed by atoms with Crippen molar-refractivity contribution in [2.45, 2.75) is 60.0 Å². The van der Waals surface area contributed by atoms with Gasteiger partial charge in [-0.2, -0.15) is 5.10 Å². The molecule has 124 valence electrons. The first-order chi connectivity index (χ1) is 10.2. The molecule has 1 amide bonds. The summed E-state index contributed by atoms with van der Waals surface area (Å²) in [6.07, 6.45) is 2.15. The Morgan fingerprint density at radius 1 is 1.41 bits per heavy atom. The number of carbonyl (C=O) groups excluding carboxylic acids is 1. The van der Waals surface area contributed by atoms with Gasteiger partial charge in [-0.15, -0.1) is 0 Å². The molecular weight excluding hydrogens is 278 g/mol. The second-order valence-electron chi connectivity index (χ2n) is 7.52. The molecule has 1 aliphatic rings. The first kappa shape index (κ1) is 16.9. The second-order valence-corrected chi connectivity index (χ2v) is 7.52. The Bertz CT molecular complexity index is 531. The van der Waals surface area contributed by atoms with E-state index in [1.807, 2.05) is 44.2 Å². The fraction of sp³-hybridized carbons (Fsp3) is 0.812. The van der Waals surface area contributed by atoms with E-state index < -0.39 is 6.04 Å². The minimum atomic E-state index is -0.443. The summed E-state index contributed by atoms with van der Waals surface area (Å²) in [6, 6.07) is -0.443. The third-order valence-electron chi connectivity index (χ3n) is 4.42. The predicted octanol–water partition coefficient (Wildman–Crippen LogP) is 1.51. The molecule has 0 aliphatic carbocycles. The second kappa shape index (κ2) is 6.36. The molecule has 2 heterocycles. The standard InChI is InChI=1S/C16H29N5O/c1-11-18-12(2)21(19-11)10-13-7-6-8-20(9-13)15(22)14(17)16(3,4)5/h13-14H,6-10,17H2,1-5H3/t13?,14-/m1/s1. The van der Waals surface area contributed by atoms with Crippen molar-refractivity contribution in [1.29, 1.82) is 0 Å². The number of piperidine rings is 1. The van der Waals surface area contributed by atoms with Crippen molar-refractivity contribution in [1.82, 2.24) is 19.7 Å². The van der Waals surface area contributed by atoms with Gasteiger partial charge in [-0.3, -0.25) is 4.79 Å². The molecule has 1 saturated heterocycles. The molecule has 1 fully saturated rings. The van der Waals surface area contributed by atoms with Gasteiger partial charge in [-0.25, -0.2) is 9.67 Å². The van der Waals surface area contributed by atoms with E-state index in [9.17, 15) is 4.79 Å². The molecule has 2 atom stereocenters. The molecule has 6 heteroatoms. The molecular formula is C16H29N5O. The largest absolute Gasteiger partial charge is 0.341 e. The molecule has 2 rings (SSSR count). The highest BCUT2D eigenvalue weighted by atomic mass is 16.2. The lowest BCUT2D eigenvalue weighted by molar-refractivity contribution is -0.136. The van der Waals surface area contributed by atoms with Gasteiger partial charge >= 0.3 is 0 Å². The number of likely N-dealkylation sites (tertiary alicyclic amines) is 1. The summed E-state index contributed by atoms with van der Waals surface area (Å²) in [4.78, 5) is 18.9. The Balaban J connectivity index is 2.00. The fourth-order valence-corrected chi connectivity index (χ4v) is 2.96. The Hall–Kier alpha value is -1.43. The third-order valence-corrected chi connectivity index (χ3v) is 4.42. The summed E-state index contributed by atoms with van der Waals surface area (Å²) < 4.78 is 1.96. The summed E-state index contributed by atoms with van der Waals surface area (Å²) in [5, 5.41) is 4.43. The lowest BCUT2D eigenvalue weighted by atomic mass is 9.86. The topological polar surface area (TPSA) is 77.0 Å². The van der Waals surface area contributed by atoms with E-state index in [0.717, 1.165) is 44.1 Å². The molecule has 1 aromatic rings. The summed E-state index contributed by atoms with van der Waals surface area (Å²) in [5.41, 5.74) is 5.93. The zero-order valence-corrected chi connectivity index (χ0v) is 14.5. The number of carbonyl (C=O) groups is 1. The fourth-order valence-electron chi connectivity index (χ4n) is 2.96. The van der Waals surface area contributed by atoms with Crippen LogP contribution in [0.4, 0.5) is 0 Å². The van der Waals surface area contributed by atoms with Crippen LogP contribution in [-0.2, 0) is 11.3 Å². The minimum absolute atomic E-state index is 0.0729. The Morgan fingerprint density at radius 2 is 2.09 bits per heavy atom. The van der Waals surface area contributed by atoms with E-state index in [1.54, 1.807) is 0 Å². The van der Waals surface area contributed by atoms with Crippen molar-refractivity contribution < 1.29 is 4.79 Å². The number of hydrogen-bond donors (Lipinski definition) is 1. The maximum atomic E-state index is 12.6. The van der Waals surface area contributed by atoms with Crippen molar-refractivity contribution in [2.24, 2.45) is 17.1 Å². The predicted molar refractivity (Wildman–Crippen MR) is 86.2 cm³/mol. The molecule has 0 spiro atoms. The molecule has 0 radical (unpaired) electrons. The quantitative estimate of drug-likeness (QED) is 0.918. The van der Waals surface area contributed by atoms with E-state index >= 15 is 0 Å². The van der Waals surface area contributed by atoms with Gasteiger partial charge < -0.3 is 10.6 Å². The molecule has 22 heavy (non-hydrogen) atoms. The van der Waals surface area contributed by atoms with Crippen molar-refractivity contribution in [3.05, 3.63) is 11.6 Å². The molecule has 0 bridgehead atoms. The Kier molecular flexibility index (Phi) is 4.90. The van der Waals surface area contributed by atoms with Gasteiger partial charge in [-0.1, -0.05) is 20.8 Å². The lowest BCUT2D eigenvalue weighted by Crippen LogP contribution is -2.53. The maximum absolute atomic E-state index is 12.6. The number of aromatic nitrogens is 3. The van der Waals surface area contributed by atoms with Gasteiger partial charge in [0.2, 0.25) is 5.91 Å². The molecule has 0 saturated carbocycles. The van der Waals surface area contributed by atoms with Crippen molar-refractivity contribution in [3.8, 4) is 0 Å². The van der Waals surface area contributed by atoms with Crippen molar-refractivity contribution >= 4 is 5.91 Å². The maximum Gasteiger partial charge on any atom is 0.240 e. The number of hydrogen-bond acceptors (Lipinski definition) is 4. The average Bonchev–Trinajstić information content (AvgIpc) is 2.74. The zero-order valence-electron chi connectivity index (χ0n) is 14.5. The molecule has 1 unspecified atom stereocenters. The molecule has 1 aromatic heterocycles. The van der Waals surface area contributed by atoms with E-state index in [2.05, 4.69) is 10.1 Å². The van der Waals surface area contributed by atoms with Crippen LogP contribution < -0.4 is 5.73 Å². The third kappa shape index (κ3) is 3.85. The monoisotopic (exact) mass is 307 g/mol. The SMILES string of the molecule is Cc1nc(C)n(CC2CCCN(C(=O)[C@@H](N)C(C)(C)C)C2)n1. The first-order valence-electron chi connectivity index (χ1n) is 8.11. The number of aryl methyl sites for hydroxylation is 2. The number of nitrogens with two attached hydrogens (primary N) is 1. The highest BCUT2D eigenvalue weighted by molar-refractivity contribution is 5.82. The van der Waals surface area contributed by atoms with Gasteiger partial charge in [0.1, 0.15) is 11.6 Å². The average molecular weight is 307 g/mol. The van der Waals surface area contributed by atoms with Crippen molar-refractivity contribution in [2.75, 3.05) is 13.1 Å². The molecule has 6 nitrogen and oxygen atoms in total. The highest BCUT2D eigenvalue weighted by Crippen LogP contribution is 2.23. The lowest BCUT2D eigenvalue weighted by Gasteiger charge is -2.37. The summed E-state index contributed by atoms with van der Waals surface area (Å²) >= 11 is 0.